The molecule has 1 amide bonds. The summed E-state index contributed by atoms with van der Waals surface area (Å²) in [5, 5.41) is 2.78. The maximum absolute atomic E-state index is 12.7. The van der Waals surface area contributed by atoms with Gasteiger partial charge in [-0.3, -0.25) is 9.52 Å². The quantitative estimate of drug-likeness (QED) is 0.524. The summed E-state index contributed by atoms with van der Waals surface area (Å²) in [7, 11) is -3.74. The molecule has 2 N–H and O–H groups in total. The summed E-state index contributed by atoms with van der Waals surface area (Å²) in [5.41, 5.74) is 2.93. The molecule has 0 bridgehead atoms. The molecule has 0 aliphatic heterocycles. The highest BCUT2D eigenvalue weighted by Gasteiger charge is 2.19. The first-order valence-corrected chi connectivity index (χ1v) is 11.5. The van der Waals surface area contributed by atoms with Gasteiger partial charge in [-0.1, -0.05) is 42.8 Å². The molecular formula is C24H26N2O4S. The zero-order valence-corrected chi connectivity index (χ0v) is 18.6. The van der Waals surface area contributed by atoms with Gasteiger partial charge in [-0.15, -0.1) is 0 Å². The molecule has 0 fully saturated rings. The van der Waals surface area contributed by atoms with Crippen molar-refractivity contribution in [3.63, 3.8) is 0 Å². The van der Waals surface area contributed by atoms with Crippen LogP contribution in [0.2, 0.25) is 0 Å². The summed E-state index contributed by atoms with van der Waals surface area (Å²) in [6.45, 7) is 5.67. The van der Waals surface area contributed by atoms with E-state index in [9.17, 15) is 13.2 Å². The standard InChI is InChI=1S/C24H26N2O4S/c1-4-23(30-20-8-6-5-7-9-20)24(27)25-19-11-13-21(14-12-19)31(28,29)26-22-15-10-17(2)16-18(22)3/h5-16,23,26H,4H2,1-3H3,(H,25,27)/t23-/m1/s1. The highest BCUT2D eigenvalue weighted by molar-refractivity contribution is 7.92. The van der Waals surface area contributed by atoms with Crippen molar-refractivity contribution in [1.82, 2.24) is 0 Å². The molecule has 6 nitrogen and oxygen atoms in total. The molecule has 0 saturated carbocycles. The highest BCUT2D eigenvalue weighted by atomic mass is 32.2. The Kier molecular flexibility index (Phi) is 6.97. The second-order valence-corrected chi connectivity index (χ2v) is 8.95. The second kappa shape index (κ2) is 9.66. The van der Waals surface area contributed by atoms with Crippen LogP contribution >= 0.6 is 0 Å². The number of sulfonamides is 1. The van der Waals surface area contributed by atoms with E-state index in [0.717, 1.165) is 11.1 Å². The van der Waals surface area contributed by atoms with Crippen LogP contribution in [0, 0.1) is 13.8 Å². The van der Waals surface area contributed by atoms with Crippen LogP contribution < -0.4 is 14.8 Å². The second-order valence-electron chi connectivity index (χ2n) is 7.27. The number of amides is 1. The van der Waals surface area contributed by atoms with Crippen molar-refractivity contribution < 1.29 is 17.9 Å². The van der Waals surface area contributed by atoms with Crippen molar-refractivity contribution in [1.29, 1.82) is 0 Å². The van der Waals surface area contributed by atoms with E-state index in [-0.39, 0.29) is 10.8 Å². The van der Waals surface area contributed by atoms with Gasteiger partial charge < -0.3 is 10.1 Å². The summed E-state index contributed by atoms with van der Waals surface area (Å²) >= 11 is 0. The number of anilines is 2. The van der Waals surface area contributed by atoms with Crippen molar-refractivity contribution >= 4 is 27.3 Å². The SMILES string of the molecule is CC[C@@H](Oc1ccccc1)C(=O)Nc1ccc(S(=O)(=O)Nc2ccc(C)cc2C)cc1. The number of hydrogen-bond donors (Lipinski definition) is 2. The molecule has 0 saturated heterocycles. The average molecular weight is 439 g/mol. The Bertz CT molecular complexity index is 1140. The van der Waals surface area contributed by atoms with E-state index >= 15 is 0 Å². The largest absolute Gasteiger partial charge is 0.481 e. The van der Waals surface area contributed by atoms with Gasteiger partial charge in [0, 0.05) is 5.69 Å². The van der Waals surface area contributed by atoms with Gasteiger partial charge in [0.15, 0.2) is 6.10 Å². The number of aryl methyl sites for hydroxylation is 2. The van der Waals surface area contributed by atoms with Gasteiger partial charge in [-0.05, 0) is 68.3 Å². The van der Waals surface area contributed by atoms with Gasteiger partial charge in [-0.2, -0.15) is 0 Å². The Morgan fingerprint density at radius 3 is 2.26 bits per heavy atom. The maximum Gasteiger partial charge on any atom is 0.265 e. The van der Waals surface area contributed by atoms with Crippen LogP contribution in [0.25, 0.3) is 0 Å². The van der Waals surface area contributed by atoms with Gasteiger partial charge in [0.25, 0.3) is 15.9 Å². The lowest BCUT2D eigenvalue weighted by molar-refractivity contribution is -0.122. The fourth-order valence-electron chi connectivity index (χ4n) is 3.06. The van der Waals surface area contributed by atoms with Crippen LogP contribution in [0.15, 0.2) is 77.7 Å². The predicted molar refractivity (Wildman–Crippen MR) is 123 cm³/mol. The van der Waals surface area contributed by atoms with Crippen LogP contribution in [0.1, 0.15) is 24.5 Å². The summed E-state index contributed by atoms with van der Waals surface area (Å²) in [5.74, 6) is 0.318. The molecule has 0 spiro atoms. The van der Waals surface area contributed by atoms with E-state index < -0.39 is 16.1 Å². The van der Waals surface area contributed by atoms with Crippen LogP contribution in [-0.4, -0.2) is 20.4 Å². The lowest BCUT2D eigenvalue weighted by Crippen LogP contribution is -2.32. The van der Waals surface area contributed by atoms with Crippen molar-refractivity contribution in [2.24, 2.45) is 0 Å². The Morgan fingerprint density at radius 1 is 0.968 bits per heavy atom. The number of benzene rings is 3. The molecule has 0 unspecified atom stereocenters. The molecule has 3 aromatic carbocycles. The fraction of sp³-hybridized carbons (Fsp3) is 0.208. The van der Waals surface area contributed by atoms with E-state index in [1.807, 2.05) is 51.1 Å². The summed E-state index contributed by atoms with van der Waals surface area (Å²) in [6, 6.07) is 20.7. The van der Waals surface area contributed by atoms with Gasteiger partial charge >= 0.3 is 0 Å². The normalized spacial score (nSPS) is 12.1. The van der Waals surface area contributed by atoms with Crippen molar-refractivity contribution in [3.05, 3.63) is 83.9 Å². The lowest BCUT2D eigenvalue weighted by Gasteiger charge is -2.17. The number of hydrogen-bond acceptors (Lipinski definition) is 4. The molecule has 162 valence electrons. The minimum atomic E-state index is -3.74. The van der Waals surface area contributed by atoms with Crippen LogP contribution in [-0.2, 0) is 14.8 Å². The van der Waals surface area contributed by atoms with Crippen molar-refractivity contribution in [2.45, 2.75) is 38.2 Å². The van der Waals surface area contributed by atoms with E-state index in [4.69, 9.17) is 4.74 Å². The fourth-order valence-corrected chi connectivity index (χ4v) is 4.19. The Labute approximate surface area is 183 Å². The number of para-hydroxylation sites is 1. The smallest absolute Gasteiger partial charge is 0.265 e. The minimum Gasteiger partial charge on any atom is -0.481 e. The molecule has 0 heterocycles. The maximum atomic E-state index is 12.7. The monoisotopic (exact) mass is 438 g/mol. The Morgan fingerprint density at radius 2 is 1.65 bits per heavy atom. The van der Waals surface area contributed by atoms with E-state index in [1.165, 1.54) is 12.1 Å². The topological polar surface area (TPSA) is 84.5 Å². The zero-order chi connectivity index (χ0) is 22.4. The van der Waals surface area contributed by atoms with Crippen LogP contribution in [0.4, 0.5) is 11.4 Å². The lowest BCUT2D eigenvalue weighted by atomic mass is 10.1. The number of ether oxygens (including phenoxy) is 1. The minimum absolute atomic E-state index is 0.109. The molecule has 31 heavy (non-hydrogen) atoms. The molecule has 7 heteroatoms. The number of carbonyl (C=O) groups excluding carboxylic acids is 1. The van der Waals surface area contributed by atoms with Crippen LogP contribution in [0.5, 0.6) is 5.75 Å². The number of rotatable bonds is 8. The van der Waals surface area contributed by atoms with Crippen LogP contribution in [0.3, 0.4) is 0 Å². The molecule has 0 aliphatic carbocycles. The first-order chi connectivity index (χ1) is 14.8. The summed E-state index contributed by atoms with van der Waals surface area (Å²) in [6.07, 6.45) is -0.162. The van der Waals surface area contributed by atoms with E-state index in [2.05, 4.69) is 10.0 Å². The third-order valence-electron chi connectivity index (χ3n) is 4.74. The zero-order valence-electron chi connectivity index (χ0n) is 17.8. The Hall–Kier alpha value is -3.32. The molecule has 0 aromatic heterocycles. The summed E-state index contributed by atoms with van der Waals surface area (Å²) < 4.78 is 33.8. The third kappa shape index (κ3) is 5.86. The van der Waals surface area contributed by atoms with E-state index in [1.54, 1.807) is 30.3 Å². The van der Waals surface area contributed by atoms with E-state index in [0.29, 0.717) is 23.5 Å². The van der Waals surface area contributed by atoms with Gasteiger partial charge in [-0.25, -0.2) is 8.42 Å². The van der Waals surface area contributed by atoms with Gasteiger partial charge in [0.2, 0.25) is 0 Å². The van der Waals surface area contributed by atoms with Crippen molar-refractivity contribution in [2.75, 3.05) is 10.0 Å². The van der Waals surface area contributed by atoms with Gasteiger partial charge in [0.05, 0.1) is 10.6 Å². The predicted octanol–water partition coefficient (Wildman–Crippen LogP) is 4.90. The molecule has 3 aromatic rings. The molecular weight excluding hydrogens is 412 g/mol. The Balaban J connectivity index is 1.68. The number of nitrogens with one attached hydrogen (secondary N) is 2. The number of carbonyl (C=O) groups is 1. The molecule has 0 radical (unpaired) electrons. The first-order valence-electron chi connectivity index (χ1n) is 10.0. The molecule has 1 atom stereocenters. The molecule has 3 rings (SSSR count). The average Bonchev–Trinajstić information content (AvgIpc) is 2.75. The van der Waals surface area contributed by atoms with Gasteiger partial charge in [0.1, 0.15) is 5.75 Å². The summed E-state index contributed by atoms with van der Waals surface area (Å²) in [4.78, 5) is 12.7. The van der Waals surface area contributed by atoms with Crippen molar-refractivity contribution in [3.8, 4) is 5.75 Å². The molecule has 0 aliphatic rings. The third-order valence-corrected chi connectivity index (χ3v) is 6.12. The first kappa shape index (κ1) is 22.4. The highest BCUT2D eigenvalue weighted by Crippen LogP contribution is 2.22.